The summed E-state index contributed by atoms with van der Waals surface area (Å²) in [7, 11) is -1.66. The average molecular weight is 335 g/mol. The molecule has 2 rings (SSSR count). The second-order valence-electron chi connectivity index (χ2n) is 6.94. The van der Waals surface area contributed by atoms with Gasteiger partial charge in [-0.3, -0.25) is 0 Å². The number of benzene rings is 1. The zero-order chi connectivity index (χ0) is 16.5. The summed E-state index contributed by atoms with van der Waals surface area (Å²) >= 11 is 0. The van der Waals surface area contributed by atoms with E-state index in [1.54, 1.807) is 12.1 Å². The van der Waals surface area contributed by atoms with Crippen molar-refractivity contribution in [1.29, 1.82) is 0 Å². The number of esters is 1. The molecule has 0 N–H and O–H groups in total. The third-order valence-corrected chi connectivity index (χ3v) is 8.44. The number of rotatable bonds is 5. The Balaban J connectivity index is 1.75. The molecule has 0 aromatic heterocycles. The summed E-state index contributed by atoms with van der Waals surface area (Å²) in [5.41, 5.74) is 0.628. The summed E-state index contributed by atoms with van der Waals surface area (Å²) in [4.78, 5) is 11.9. The Kier molecular flexibility index (Phi) is 7.31. The van der Waals surface area contributed by atoms with Crippen molar-refractivity contribution < 1.29 is 14.0 Å². The van der Waals surface area contributed by atoms with E-state index in [9.17, 15) is 4.79 Å². The van der Waals surface area contributed by atoms with Crippen LogP contribution >= 0.6 is 0 Å². The second kappa shape index (κ2) is 9.23. The lowest BCUT2D eigenvalue weighted by Crippen LogP contribution is -2.37. The van der Waals surface area contributed by atoms with Crippen molar-refractivity contribution in [2.24, 2.45) is 0 Å². The molecular weight excluding hydrogens is 304 g/mol. The fourth-order valence-corrected chi connectivity index (χ4v) is 6.81. The SMILES string of the molecule is CC1CCCCCC[Si](C)(CCCOC(=O)c2ccccc2)O1. The van der Waals surface area contributed by atoms with Gasteiger partial charge in [-0.05, 0) is 50.5 Å². The minimum Gasteiger partial charge on any atom is -0.462 e. The third-order valence-electron chi connectivity index (χ3n) is 4.64. The first kappa shape index (κ1) is 18.2. The van der Waals surface area contributed by atoms with Gasteiger partial charge in [-0.2, -0.15) is 0 Å². The van der Waals surface area contributed by atoms with E-state index in [0.717, 1.165) is 12.5 Å². The summed E-state index contributed by atoms with van der Waals surface area (Å²) in [6.45, 7) is 5.06. The molecule has 0 aliphatic carbocycles. The number of carbonyl (C=O) groups excluding carboxylic acids is 1. The molecule has 4 heteroatoms. The highest BCUT2D eigenvalue weighted by molar-refractivity contribution is 6.72. The monoisotopic (exact) mass is 334 g/mol. The maximum atomic E-state index is 11.9. The molecule has 1 aromatic rings. The Hall–Kier alpha value is -1.13. The standard InChI is InChI=1S/C19H30O3Si/c1-17-11-6-3-4-9-15-23(2,22-17)16-10-14-21-19(20)18-12-7-5-8-13-18/h5,7-8,12-13,17H,3-4,6,9-11,14-16H2,1-2H3. The second-order valence-corrected chi connectivity index (χ2v) is 11.1. The zero-order valence-corrected chi connectivity index (χ0v) is 15.6. The summed E-state index contributed by atoms with van der Waals surface area (Å²) in [5.74, 6) is -0.221. The number of hydrogen-bond acceptors (Lipinski definition) is 3. The van der Waals surface area contributed by atoms with Crippen LogP contribution in [0.1, 0.15) is 55.8 Å². The molecule has 0 bridgehead atoms. The van der Waals surface area contributed by atoms with Crippen LogP contribution in [-0.2, 0) is 9.16 Å². The number of hydrogen-bond donors (Lipinski definition) is 0. The summed E-state index contributed by atoms with van der Waals surface area (Å²) < 4.78 is 11.8. The van der Waals surface area contributed by atoms with E-state index in [0.29, 0.717) is 18.3 Å². The molecule has 23 heavy (non-hydrogen) atoms. The van der Waals surface area contributed by atoms with Crippen LogP contribution in [0.15, 0.2) is 30.3 Å². The molecule has 2 atom stereocenters. The van der Waals surface area contributed by atoms with E-state index in [4.69, 9.17) is 9.16 Å². The van der Waals surface area contributed by atoms with Crippen LogP contribution in [0.4, 0.5) is 0 Å². The summed E-state index contributed by atoms with van der Waals surface area (Å²) in [6.07, 6.45) is 7.74. The van der Waals surface area contributed by atoms with Gasteiger partial charge >= 0.3 is 5.97 Å². The molecular formula is C19H30O3Si. The van der Waals surface area contributed by atoms with Gasteiger partial charge in [-0.25, -0.2) is 4.79 Å². The van der Waals surface area contributed by atoms with Crippen molar-refractivity contribution in [2.75, 3.05) is 6.61 Å². The van der Waals surface area contributed by atoms with Crippen molar-refractivity contribution >= 4 is 14.3 Å². The van der Waals surface area contributed by atoms with Crippen LogP contribution in [0.2, 0.25) is 18.6 Å². The summed E-state index contributed by atoms with van der Waals surface area (Å²) in [5, 5.41) is 0. The molecule has 0 amide bonds. The molecule has 1 aliphatic rings. The molecule has 1 aromatic carbocycles. The Bertz CT molecular complexity index is 477. The Morgan fingerprint density at radius 1 is 1.22 bits per heavy atom. The highest BCUT2D eigenvalue weighted by atomic mass is 28.4. The van der Waals surface area contributed by atoms with Crippen molar-refractivity contribution in [3.63, 3.8) is 0 Å². The smallest absolute Gasteiger partial charge is 0.338 e. The molecule has 1 fully saturated rings. The summed E-state index contributed by atoms with van der Waals surface area (Å²) in [6, 6.07) is 11.5. The van der Waals surface area contributed by atoms with E-state index in [1.165, 1.54) is 38.1 Å². The Morgan fingerprint density at radius 2 is 1.96 bits per heavy atom. The lowest BCUT2D eigenvalue weighted by Gasteiger charge is -2.30. The molecule has 1 heterocycles. The Labute approximate surface area is 141 Å². The quantitative estimate of drug-likeness (QED) is 0.423. The van der Waals surface area contributed by atoms with Gasteiger partial charge in [0.1, 0.15) is 0 Å². The van der Waals surface area contributed by atoms with Gasteiger partial charge in [-0.15, -0.1) is 0 Å². The van der Waals surface area contributed by atoms with E-state index in [1.807, 2.05) is 18.2 Å². The van der Waals surface area contributed by atoms with Crippen LogP contribution in [0.5, 0.6) is 0 Å². The molecule has 3 nitrogen and oxygen atoms in total. The van der Waals surface area contributed by atoms with Gasteiger partial charge in [0.05, 0.1) is 12.2 Å². The first-order chi connectivity index (χ1) is 11.1. The molecule has 0 saturated carbocycles. The van der Waals surface area contributed by atoms with Crippen LogP contribution < -0.4 is 0 Å². The van der Waals surface area contributed by atoms with E-state index < -0.39 is 8.32 Å². The van der Waals surface area contributed by atoms with Gasteiger partial charge in [-0.1, -0.05) is 43.9 Å². The topological polar surface area (TPSA) is 35.5 Å². The lowest BCUT2D eigenvalue weighted by molar-refractivity contribution is 0.0502. The average Bonchev–Trinajstić information content (AvgIpc) is 2.63. The molecule has 0 radical (unpaired) electrons. The van der Waals surface area contributed by atoms with Gasteiger partial charge in [0.2, 0.25) is 0 Å². The first-order valence-corrected chi connectivity index (χ1v) is 11.8. The van der Waals surface area contributed by atoms with Crippen LogP contribution in [0, 0.1) is 0 Å². The molecule has 0 spiro atoms. The van der Waals surface area contributed by atoms with Crippen LogP contribution in [-0.4, -0.2) is 27.0 Å². The van der Waals surface area contributed by atoms with E-state index >= 15 is 0 Å². The van der Waals surface area contributed by atoms with Gasteiger partial charge in [0.25, 0.3) is 0 Å². The minimum atomic E-state index is -1.66. The highest BCUT2D eigenvalue weighted by Gasteiger charge is 2.30. The minimum absolute atomic E-state index is 0.221. The van der Waals surface area contributed by atoms with E-state index in [-0.39, 0.29) is 5.97 Å². The van der Waals surface area contributed by atoms with Crippen molar-refractivity contribution in [1.82, 2.24) is 0 Å². The predicted molar refractivity (Wildman–Crippen MR) is 96.2 cm³/mol. The maximum absolute atomic E-state index is 11.9. The number of ether oxygens (including phenoxy) is 1. The van der Waals surface area contributed by atoms with Crippen molar-refractivity contribution in [3.8, 4) is 0 Å². The van der Waals surface area contributed by atoms with E-state index in [2.05, 4.69) is 13.5 Å². The predicted octanol–water partition coefficient (Wildman–Crippen LogP) is 5.18. The third kappa shape index (κ3) is 6.48. The largest absolute Gasteiger partial charge is 0.462 e. The van der Waals surface area contributed by atoms with Crippen molar-refractivity contribution in [3.05, 3.63) is 35.9 Å². The van der Waals surface area contributed by atoms with Crippen molar-refractivity contribution in [2.45, 2.75) is 70.2 Å². The molecule has 128 valence electrons. The molecule has 1 aliphatic heterocycles. The normalized spacial score (nSPS) is 25.9. The fourth-order valence-electron chi connectivity index (χ4n) is 3.34. The number of carbonyl (C=O) groups is 1. The van der Waals surface area contributed by atoms with Gasteiger partial charge in [0.15, 0.2) is 8.32 Å². The fraction of sp³-hybridized carbons (Fsp3) is 0.632. The maximum Gasteiger partial charge on any atom is 0.338 e. The van der Waals surface area contributed by atoms with Gasteiger partial charge in [0, 0.05) is 6.10 Å². The van der Waals surface area contributed by atoms with Gasteiger partial charge < -0.3 is 9.16 Å². The van der Waals surface area contributed by atoms with Crippen LogP contribution in [0.25, 0.3) is 0 Å². The highest BCUT2D eigenvalue weighted by Crippen LogP contribution is 2.27. The molecule has 2 unspecified atom stereocenters. The first-order valence-electron chi connectivity index (χ1n) is 8.99. The zero-order valence-electron chi connectivity index (χ0n) is 14.6. The van der Waals surface area contributed by atoms with Crippen LogP contribution in [0.3, 0.4) is 0 Å². The lowest BCUT2D eigenvalue weighted by atomic mass is 10.1. The Morgan fingerprint density at radius 3 is 2.74 bits per heavy atom. The molecule has 1 saturated heterocycles.